The molecule has 116 valence electrons. The van der Waals surface area contributed by atoms with Gasteiger partial charge >= 0.3 is 0 Å². The summed E-state index contributed by atoms with van der Waals surface area (Å²) in [5, 5.41) is 9.13. The van der Waals surface area contributed by atoms with Crippen LogP contribution in [-0.2, 0) is 0 Å². The van der Waals surface area contributed by atoms with Crippen LogP contribution in [-0.4, -0.2) is 49.2 Å². The summed E-state index contributed by atoms with van der Waals surface area (Å²) in [5.74, 6) is -0.0154. The molecule has 3 N–H and O–H groups in total. The molecular weight excluding hydrogens is 266 g/mol. The maximum absolute atomic E-state index is 12.4. The predicted molar refractivity (Wildman–Crippen MR) is 85.6 cm³/mol. The molecule has 1 aliphatic rings. The van der Waals surface area contributed by atoms with E-state index in [0.717, 1.165) is 25.1 Å². The number of hydrogen-bond acceptors (Lipinski definition) is 4. The lowest BCUT2D eigenvalue weighted by Gasteiger charge is -2.40. The maximum atomic E-state index is 12.4. The van der Waals surface area contributed by atoms with Gasteiger partial charge in [0.1, 0.15) is 0 Å². The highest BCUT2D eigenvalue weighted by Crippen LogP contribution is 2.33. The number of nitrogens with two attached hydrogens (primary N) is 1. The molecule has 0 atom stereocenters. The fourth-order valence-corrected chi connectivity index (χ4v) is 2.65. The SMILES string of the molecule is CN(C)C(=O)c1ccc(N)cc1N(CCCO)C1CCC1. The molecule has 1 aromatic carbocycles. The molecule has 0 saturated heterocycles. The summed E-state index contributed by atoms with van der Waals surface area (Å²) in [6, 6.07) is 5.90. The van der Waals surface area contributed by atoms with Crippen molar-refractivity contribution in [2.75, 3.05) is 37.9 Å². The highest BCUT2D eigenvalue weighted by molar-refractivity contribution is 6.00. The zero-order valence-electron chi connectivity index (χ0n) is 12.9. The number of hydrogen-bond donors (Lipinski definition) is 2. The fraction of sp³-hybridized carbons (Fsp3) is 0.562. The van der Waals surface area contributed by atoms with E-state index in [-0.39, 0.29) is 12.5 Å². The Morgan fingerprint density at radius 1 is 1.38 bits per heavy atom. The van der Waals surface area contributed by atoms with E-state index in [1.165, 1.54) is 6.42 Å². The van der Waals surface area contributed by atoms with Gasteiger partial charge in [0, 0.05) is 39.0 Å². The minimum absolute atomic E-state index is 0.0154. The van der Waals surface area contributed by atoms with Crippen LogP contribution >= 0.6 is 0 Å². The predicted octanol–water partition coefficient (Wildman–Crippen LogP) is 1.71. The minimum Gasteiger partial charge on any atom is -0.399 e. The van der Waals surface area contributed by atoms with Gasteiger partial charge in [0.15, 0.2) is 0 Å². The summed E-state index contributed by atoms with van der Waals surface area (Å²) in [5.41, 5.74) is 8.16. The van der Waals surface area contributed by atoms with Crippen molar-refractivity contribution in [1.82, 2.24) is 4.90 Å². The molecule has 0 aliphatic heterocycles. The number of rotatable bonds is 6. The van der Waals surface area contributed by atoms with Crippen molar-refractivity contribution < 1.29 is 9.90 Å². The molecule has 0 unspecified atom stereocenters. The Hall–Kier alpha value is -1.75. The molecule has 5 heteroatoms. The number of carbonyl (C=O) groups excluding carboxylic acids is 1. The van der Waals surface area contributed by atoms with Crippen molar-refractivity contribution in [3.05, 3.63) is 23.8 Å². The van der Waals surface area contributed by atoms with Crippen LogP contribution in [0, 0.1) is 0 Å². The van der Waals surface area contributed by atoms with Crippen LogP contribution in [0.15, 0.2) is 18.2 Å². The zero-order chi connectivity index (χ0) is 15.4. The first kappa shape index (κ1) is 15.6. The molecule has 5 nitrogen and oxygen atoms in total. The summed E-state index contributed by atoms with van der Waals surface area (Å²) >= 11 is 0. The van der Waals surface area contributed by atoms with Gasteiger partial charge in [-0.15, -0.1) is 0 Å². The van der Waals surface area contributed by atoms with Gasteiger partial charge in [0.25, 0.3) is 5.91 Å². The summed E-state index contributed by atoms with van der Waals surface area (Å²) in [4.78, 5) is 16.2. The van der Waals surface area contributed by atoms with Gasteiger partial charge < -0.3 is 20.6 Å². The van der Waals surface area contributed by atoms with Crippen LogP contribution in [0.4, 0.5) is 11.4 Å². The molecule has 1 aromatic rings. The number of nitrogen functional groups attached to an aromatic ring is 1. The summed E-state index contributed by atoms with van der Waals surface area (Å²) in [6.45, 7) is 0.904. The highest BCUT2D eigenvalue weighted by atomic mass is 16.3. The molecule has 0 heterocycles. The van der Waals surface area contributed by atoms with Gasteiger partial charge in [0.05, 0.1) is 11.3 Å². The molecule has 1 amide bonds. The number of amides is 1. The van der Waals surface area contributed by atoms with Crippen molar-refractivity contribution in [2.24, 2.45) is 0 Å². The first-order chi connectivity index (χ1) is 10.0. The van der Waals surface area contributed by atoms with E-state index in [2.05, 4.69) is 4.90 Å². The molecule has 0 aromatic heterocycles. The zero-order valence-corrected chi connectivity index (χ0v) is 12.9. The second-order valence-corrected chi connectivity index (χ2v) is 5.83. The number of carbonyl (C=O) groups is 1. The lowest BCUT2D eigenvalue weighted by Crippen LogP contribution is -2.42. The van der Waals surface area contributed by atoms with Gasteiger partial charge in [-0.2, -0.15) is 0 Å². The lowest BCUT2D eigenvalue weighted by molar-refractivity contribution is 0.0828. The van der Waals surface area contributed by atoms with Gasteiger partial charge in [-0.25, -0.2) is 0 Å². The summed E-state index contributed by atoms with van der Waals surface area (Å²) in [7, 11) is 3.51. The van der Waals surface area contributed by atoms with Crippen LogP contribution < -0.4 is 10.6 Å². The third-order valence-corrected chi connectivity index (χ3v) is 4.04. The Kier molecular flexibility index (Phi) is 5.07. The van der Waals surface area contributed by atoms with E-state index in [1.807, 2.05) is 6.07 Å². The van der Waals surface area contributed by atoms with Crippen molar-refractivity contribution in [1.29, 1.82) is 0 Å². The van der Waals surface area contributed by atoms with Crippen LogP contribution in [0.3, 0.4) is 0 Å². The Labute approximate surface area is 126 Å². The summed E-state index contributed by atoms with van der Waals surface area (Å²) < 4.78 is 0. The summed E-state index contributed by atoms with van der Waals surface area (Å²) in [6.07, 6.45) is 4.19. The monoisotopic (exact) mass is 291 g/mol. The topological polar surface area (TPSA) is 69.8 Å². The smallest absolute Gasteiger partial charge is 0.255 e. The quantitative estimate of drug-likeness (QED) is 0.783. The van der Waals surface area contributed by atoms with Crippen molar-refractivity contribution in [3.63, 3.8) is 0 Å². The first-order valence-corrected chi connectivity index (χ1v) is 7.53. The van der Waals surface area contributed by atoms with E-state index in [9.17, 15) is 4.79 Å². The number of aliphatic hydroxyl groups excluding tert-OH is 1. The molecule has 0 bridgehead atoms. The number of benzene rings is 1. The molecule has 1 aliphatic carbocycles. The van der Waals surface area contributed by atoms with E-state index < -0.39 is 0 Å². The van der Waals surface area contributed by atoms with Crippen LogP contribution in [0.5, 0.6) is 0 Å². The fourth-order valence-electron chi connectivity index (χ4n) is 2.65. The van der Waals surface area contributed by atoms with E-state index in [4.69, 9.17) is 10.8 Å². The Bertz CT molecular complexity index is 498. The van der Waals surface area contributed by atoms with Crippen molar-refractivity contribution >= 4 is 17.3 Å². The van der Waals surface area contributed by atoms with E-state index in [0.29, 0.717) is 23.7 Å². The standard InChI is InChI=1S/C16H25N3O2/c1-18(2)16(21)14-8-7-12(17)11-15(14)19(9-4-10-20)13-5-3-6-13/h7-8,11,13,20H,3-6,9-10,17H2,1-2H3. The average molecular weight is 291 g/mol. The molecular formula is C16H25N3O2. The molecule has 1 saturated carbocycles. The highest BCUT2D eigenvalue weighted by Gasteiger charge is 2.28. The third kappa shape index (κ3) is 3.47. The molecule has 21 heavy (non-hydrogen) atoms. The second-order valence-electron chi connectivity index (χ2n) is 5.83. The Morgan fingerprint density at radius 2 is 2.10 bits per heavy atom. The molecule has 0 spiro atoms. The lowest BCUT2D eigenvalue weighted by atomic mass is 9.90. The minimum atomic E-state index is -0.0154. The van der Waals surface area contributed by atoms with Gasteiger partial charge in [-0.3, -0.25) is 4.79 Å². The number of anilines is 2. The van der Waals surface area contributed by atoms with Gasteiger partial charge in [-0.05, 0) is 43.9 Å². The van der Waals surface area contributed by atoms with Crippen LogP contribution in [0.25, 0.3) is 0 Å². The molecule has 1 fully saturated rings. The van der Waals surface area contributed by atoms with E-state index in [1.54, 1.807) is 31.1 Å². The van der Waals surface area contributed by atoms with E-state index >= 15 is 0 Å². The van der Waals surface area contributed by atoms with Gasteiger partial charge in [-0.1, -0.05) is 0 Å². The van der Waals surface area contributed by atoms with Crippen molar-refractivity contribution in [2.45, 2.75) is 31.7 Å². The first-order valence-electron chi connectivity index (χ1n) is 7.53. The Balaban J connectivity index is 2.37. The van der Waals surface area contributed by atoms with Crippen LogP contribution in [0.2, 0.25) is 0 Å². The van der Waals surface area contributed by atoms with Crippen molar-refractivity contribution in [3.8, 4) is 0 Å². The van der Waals surface area contributed by atoms with Gasteiger partial charge in [0.2, 0.25) is 0 Å². The second kappa shape index (κ2) is 6.80. The number of nitrogens with zero attached hydrogens (tertiary/aromatic N) is 2. The van der Waals surface area contributed by atoms with Crippen LogP contribution in [0.1, 0.15) is 36.0 Å². The normalized spacial score (nSPS) is 14.6. The largest absolute Gasteiger partial charge is 0.399 e. The molecule has 2 rings (SSSR count). The number of aliphatic hydroxyl groups is 1. The molecule has 0 radical (unpaired) electrons. The maximum Gasteiger partial charge on any atom is 0.255 e. The Morgan fingerprint density at radius 3 is 2.62 bits per heavy atom. The average Bonchev–Trinajstić information content (AvgIpc) is 2.40. The third-order valence-electron chi connectivity index (χ3n) is 4.04.